The standard InChI is InChI=1S/C20H12F2N4O/c21-13-6-7-18-14(9-13)20(25-17-5-1-4-16(22)15(17)11-27)26-19(24-18)12-3-2-8-23-10-12/h1-11H,(H,24,25,26). The van der Waals surface area contributed by atoms with Gasteiger partial charge in [0.05, 0.1) is 16.8 Å². The fraction of sp³-hybridized carbons (Fsp3) is 0. The number of aromatic nitrogens is 3. The van der Waals surface area contributed by atoms with E-state index in [1.807, 2.05) is 0 Å². The predicted octanol–water partition coefficient (Wildman–Crippen LogP) is 4.53. The van der Waals surface area contributed by atoms with Crippen LogP contribution in [0.4, 0.5) is 20.3 Å². The summed E-state index contributed by atoms with van der Waals surface area (Å²) in [7, 11) is 0. The first-order valence-corrected chi connectivity index (χ1v) is 8.04. The number of pyridine rings is 1. The van der Waals surface area contributed by atoms with Crippen LogP contribution in [-0.4, -0.2) is 21.2 Å². The maximum Gasteiger partial charge on any atom is 0.163 e. The third-order valence-corrected chi connectivity index (χ3v) is 4.00. The lowest BCUT2D eigenvalue weighted by Gasteiger charge is -2.12. The Morgan fingerprint density at radius 2 is 1.89 bits per heavy atom. The minimum atomic E-state index is -0.660. The summed E-state index contributed by atoms with van der Waals surface area (Å²) < 4.78 is 27.7. The lowest BCUT2D eigenvalue weighted by atomic mass is 10.1. The van der Waals surface area contributed by atoms with Crippen molar-refractivity contribution in [2.45, 2.75) is 0 Å². The summed E-state index contributed by atoms with van der Waals surface area (Å²) in [6, 6.07) is 11.9. The number of nitrogens with one attached hydrogen (secondary N) is 1. The molecule has 132 valence electrons. The average Bonchev–Trinajstić information content (AvgIpc) is 2.69. The van der Waals surface area contributed by atoms with Gasteiger partial charge in [0.2, 0.25) is 0 Å². The Kier molecular flexibility index (Phi) is 4.25. The average molecular weight is 362 g/mol. The Bertz CT molecular complexity index is 1150. The molecule has 0 atom stereocenters. The number of halogens is 2. The second kappa shape index (κ2) is 6.87. The van der Waals surface area contributed by atoms with Gasteiger partial charge in [-0.25, -0.2) is 18.7 Å². The van der Waals surface area contributed by atoms with Gasteiger partial charge in [-0.15, -0.1) is 0 Å². The minimum Gasteiger partial charge on any atom is -0.339 e. The van der Waals surface area contributed by atoms with E-state index in [0.29, 0.717) is 28.6 Å². The molecule has 5 nitrogen and oxygen atoms in total. The normalized spacial score (nSPS) is 10.7. The van der Waals surface area contributed by atoms with Crippen LogP contribution in [0, 0.1) is 11.6 Å². The highest BCUT2D eigenvalue weighted by atomic mass is 19.1. The third-order valence-electron chi connectivity index (χ3n) is 4.00. The second-order valence-corrected chi connectivity index (χ2v) is 5.74. The molecule has 4 rings (SSSR count). The van der Waals surface area contributed by atoms with Crippen molar-refractivity contribution in [3.8, 4) is 11.4 Å². The highest BCUT2D eigenvalue weighted by Gasteiger charge is 2.14. The lowest BCUT2D eigenvalue weighted by molar-refractivity contribution is 0.112. The summed E-state index contributed by atoms with van der Waals surface area (Å²) in [5, 5.41) is 3.34. The molecule has 7 heteroatoms. The van der Waals surface area contributed by atoms with E-state index < -0.39 is 11.6 Å². The maximum absolute atomic E-state index is 13.9. The van der Waals surface area contributed by atoms with Crippen LogP contribution in [0.5, 0.6) is 0 Å². The Labute approximate surface area is 152 Å². The van der Waals surface area contributed by atoms with Crippen LogP contribution >= 0.6 is 0 Å². The van der Waals surface area contributed by atoms with Crippen LogP contribution in [0.2, 0.25) is 0 Å². The molecule has 0 bridgehead atoms. The molecule has 0 aliphatic rings. The Balaban J connectivity index is 1.92. The van der Waals surface area contributed by atoms with E-state index in [9.17, 15) is 13.6 Å². The minimum absolute atomic E-state index is 0.136. The van der Waals surface area contributed by atoms with Crippen molar-refractivity contribution in [1.29, 1.82) is 0 Å². The molecule has 2 heterocycles. The van der Waals surface area contributed by atoms with Gasteiger partial charge < -0.3 is 5.32 Å². The molecule has 2 aromatic heterocycles. The van der Waals surface area contributed by atoms with Gasteiger partial charge in [-0.2, -0.15) is 0 Å². The third kappa shape index (κ3) is 3.22. The zero-order chi connectivity index (χ0) is 18.8. The number of aldehydes is 1. The Morgan fingerprint density at radius 1 is 1.00 bits per heavy atom. The molecule has 0 aliphatic carbocycles. The van der Waals surface area contributed by atoms with Crippen molar-refractivity contribution >= 4 is 28.7 Å². The maximum atomic E-state index is 13.9. The fourth-order valence-electron chi connectivity index (χ4n) is 2.71. The molecule has 0 fully saturated rings. The Hall–Kier alpha value is -3.74. The Morgan fingerprint density at radius 3 is 2.67 bits per heavy atom. The van der Waals surface area contributed by atoms with Crippen LogP contribution in [-0.2, 0) is 0 Å². The monoisotopic (exact) mass is 362 g/mol. The first kappa shape index (κ1) is 16.7. The number of nitrogens with zero attached hydrogens (tertiary/aromatic N) is 3. The van der Waals surface area contributed by atoms with Crippen molar-refractivity contribution in [2.24, 2.45) is 0 Å². The number of anilines is 2. The van der Waals surface area contributed by atoms with Crippen LogP contribution in [0.3, 0.4) is 0 Å². The van der Waals surface area contributed by atoms with Gasteiger partial charge in [0.15, 0.2) is 12.1 Å². The number of benzene rings is 2. The van der Waals surface area contributed by atoms with E-state index in [2.05, 4.69) is 20.3 Å². The largest absolute Gasteiger partial charge is 0.339 e. The van der Waals surface area contributed by atoms with Crippen molar-refractivity contribution in [2.75, 3.05) is 5.32 Å². The van der Waals surface area contributed by atoms with E-state index in [1.165, 1.54) is 30.3 Å². The summed E-state index contributed by atoms with van der Waals surface area (Å²) in [5.74, 6) is -0.494. The molecule has 2 aromatic carbocycles. The van der Waals surface area contributed by atoms with Gasteiger partial charge in [-0.1, -0.05) is 6.07 Å². The molecule has 0 unspecified atom stereocenters. The van der Waals surface area contributed by atoms with Gasteiger partial charge in [0.1, 0.15) is 17.5 Å². The molecule has 27 heavy (non-hydrogen) atoms. The zero-order valence-corrected chi connectivity index (χ0v) is 13.9. The van der Waals surface area contributed by atoms with Crippen molar-refractivity contribution in [3.63, 3.8) is 0 Å². The van der Waals surface area contributed by atoms with E-state index >= 15 is 0 Å². The van der Waals surface area contributed by atoms with Gasteiger partial charge in [0.25, 0.3) is 0 Å². The van der Waals surface area contributed by atoms with Gasteiger partial charge in [-0.3, -0.25) is 9.78 Å². The summed E-state index contributed by atoms with van der Waals surface area (Å²) in [6.07, 6.45) is 3.65. The second-order valence-electron chi connectivity index (χ2n) is 5.74. The molecule has 4 aromatic rings. The van der Waals surface area contributed by atoms with Crippen LogP contribution in [0.25, 0.3) is 22.3 Å². The molecule has 0 saturated heterocycles. The summed E-state index contributed by atoms with van der Waals surface area (Å²) in [5.41, 5.74) is 1.26. The number of rotatable bonds is 4. The van der Waals surface area contributed by atoms with E-state index in [0.717, 1.165) is 0 Å². The van der Waals surface area contributed by atoms with Crippen molar-refractivity contribution in [3.05, 3.63) is 78.1 Å². The summed E-state index contributed by atoms with van der Waals surface area (Å²) >= 11 is 0. The van der Waals surface area contributed by atoms with E-state index in [1.54, 1.807) is 30.6 Å². The quantitative estimate of drug-likeness (QED) is 0.541. The molecule has 1 N–H and O–H groups in total. The van der Waals surface area contributed by atoms with Gasteiger partial charge >= 0.3 is 0 Å². The molecule has 0 amide bonds. The fourth-order valence-corrected chi connectivity index (χ4v) is 2.71. The summed E-state index contributed by atoms with van der Waals surface area (Å²) in [4.78, 5) is 24.2. The van der Waals surface area contributed by atoms with Crippen LogP contribution in [0.1, 0.15) is 10.4 Å². The smallest absolute Gasteiger partial charge is 0.163 e. The van der Waals surface area contributed by atoms with Crippen molar-refractivity contribution in [1.82, 2.24) is 15.0 Å². The molecule has 0 saturated carbocycles. The number of hydrogen-bond donors (Lipinski definition) is 1. The molecule has 0 aliphatic heterocycles. The first-order chi connectivity index (χ1) is 13.2. The number of carbonyl (C=O) groups is 1. The SMILES string of the molecule is O=Cc1c(F)cccc1Nc1nc(-c2cccnc2)nc2ccc(F)cc12. The van der Waals surface area contributed by atoms with Crippen LogP contribution in [0.15, 0.2) is 60.9 Å². The van der Waals surface area contributed by atoms with Gasteiger partial charge in [0, 0.05) is 23.3 Å². The van der Waals surface area contributed by atoms with E-state index in [4.69, 9.17) is 0 Å². The molecular weight excluding hydrogens is 350 g/mol. The predicted molar refractivity (Wildman–Crippen MR) is 97.8 cm³/mol. The summed E-state index contributed by atoms with van der Waals surface area (Å²) in [6.45, 7) is 0. The van der Waals surface area contributed by atoms with E-state index in [-0.39, 0.29) is 17.1 Å². The van der Waals surface area contributed by atoms with Gasteiger partial charge in [-0.05, 0) is 42.5 Å². The highest BCUT2D eigenvalue weighted by Crippen LogP contribution is 2.29. The molecular formula is C20H12F2N4O. The first-order valence-electron chi connectivity index (χ1n) is 8.04. The topological polar surface area (TPSA) is 67.8 Å². The molecule has 0 radical (unpaired) electrons. The number of carbonyl (C=O) groups excluding carboxylic acids is 1. The molecule has 0 spiro atoms. The number of hydrogen-bond acceptors (Lipinski definition) is 5. The van der Waals surface area contributed by atoms with Crippen LogP contribution < -0.4 is 5.32 Å². The number of fused-ring (bicyclic) bond motifs is 1. The highest BCUT2D eigenvalue weighted by molar-refractivity contribution is 5.94. The zero-order valence-electron chi connectivity index (χ0n) is 13.9. The van der Waals surface area contributed by atoms with Crippen molar-refractivity contribution < 1.29 is 13.6 Å². The lowest BCUT2D eigenvalue weighted by Crippen LogP contribution is -2.03.